The molecule has 2 aromatic rings. The van der Waals surface area contributed by atoms with Gasteiger partial charge < -0.3 is 9.84 Å². The standard InChI is InChI=1S/C12H14F2N4O3S2/c1-18-4-3-15-6-7(18)10-16-11(21-17-10)9-8(2-5-22-9)23(19,20)12(13)14/h2,5,7,12,15H,3-4,6H2,1H3. The van der Waals surface area contributed by atoms with E-state index in [9.17, 15) is 17.2 Å². The Morgan fingerprint density at radius 1 is 1.52 bits per heavy atom. The lowest BCUT2D eigenvalue weighted by atomic mass is 10.2. The summed E-state index contributed by atoms with van der Waals surface area (Å²) in [6.45, 7) is 2.28. The number of sulfone groups is 1. The van der Waals surface area contributed by atoms with E-state index in [4.69, 9.17) is 4.52 Å². The van der Waals surface area contributed by atoms with E-state index >= 15 is 0 Å². The molecule has 1 fully saturated rings. The molecule has 3 heterocycles. The lowest BCUT2D eigenvalue weighted by Gasteiger charge is -2.30. The first-order chi connectivity index (χ1) is 10.9. The van der Waals surface area contributed by atoms with Crippen LogP contribution in [0.15, 0.2) is 20.9 Å². The summed E-state index contributed by atoms with van der Waals surface area (Å²) in [4.78, 5) is 5.79. The van der Waals surface area contributed by atoms with Crippen molar-refractivity contribution in [3.8, 4) is 10.8 Å². The first-order valence-corrected chi connectivity index (χ1v) is 9.18. The first kappa shape index (κ1) is 16.4. The number of nitrogens with one attached hydrogen (secondary N) is 1. The van der Waals surface area contributed by atoms with E-state index in [1.165, 1.54) is 5.38 Å². The molecule has 0 spiro atoms. The molecule has 1 aliphatic rings. The van der Waals surface area contributed by atoms with E-state index in [1.54, 1.807) is 0 Å². The number of aromatic nitrogens is 2. The fraction of sp³-hybridized carbons (Fsp3) is 0.500. The Hall–Kier alpha value is -1.43. The molecule has 1 unspecified atom stereocenters. The number of nitrogens with zero attached hydrogens (tertiary/aromatic N) is 3. The second-order valence-electron chi connectivity index (χ2n) is 5.08. The van der Waals surface area contributed by atoms with Crippen LogP contribution < -0.4 is 5.32 Å². The maximum atomic E-state index is 12.8. The first-order valence-electron chi connectivity index (χ1n) is 6.75. The molecule has 23 heavy (non-hydrogen) atoms. The van der Waals surface area contributed by atoms with E-state index in [2.05, 4.69) is 15.5 Å². The van der Waals surface area contributed by atoms with Crippen LogP contribution in [0.4, 0.5) is 8.78 Å². The molecular weight excluding hydrogens is 350 g/mol. The number of thiophene rings is 1. The van der Waals surface area contributed by atoms with Gasteiger partial charge in [-0.25, -0.2) is 8.42 Å². The van der Waals surface area contributed by atoms with Gasteiger partial charge in [0.25, 0.3) is 5.89 Å². The number of piperazine rings is 1. The molecule has 0 radical (unpaired) electrons. The van der Waals surface area contributed by atoms with Crippen LogP contribution >= 0.6 is 11.3 Å². The van der Waals surface area contributed by atoms with Crippen LogP contribution in [0.3, 0.4) is 0 Å². The van der Waals surface area contributed by atoms with Gasteiger partial charge in [0.1, 0.15) is 4.88 Å². The lowest BCUT2D eigenvalue weighted by Crippen LogP contribution is -2.44. The molecule has 1 aliphatic heterocycles. The van der Waals surface area contributed by atoms with Gasteiger partial charge in [-0.05, 0) is 18.5 Å². The highest BCUT2D eigenvalue weighted by Gasteiger charge is 2.33. The molecule has 0 aromatic carbocycles. The average molecular weight is 364 g/mol. The minimum atomic E-state index is -4.71. The van der Waals surface area contributed by atoms with Gasteiger partial charge >= 0.3 is 5.76 Å². The van der Waals surface area contributed by atoms with Crippen molar-refractivity contribution in [3.05, 3.63) is 17.3 Å². The van der Waals surface area contributed by atoms with E-state index in [1.807, 2.05) is 11.9 Å². The maximum Gasteiger partial charge on any atom is 0.341 e. The molecule has 0 bridgehead atoms. The average Bonchev–Trinajstić information content (AvgIpc) is 3.16. The van der Waals surface area contributed by atoms with Gasteiger partial charge in [-0.2, -0.15) is 13.8 Å². The second-order valence-corrected chi connectivity index (χ2v) is 7.88. The van der Waals surface area contributed by atoms with Crippen molar-refractivity contribution in [3.63, 3.8) is 0 Å². The van der Waals surface area contributed by atoms with Crippen molar-refractivity contribution >= 4 is 21.2 Å². The fourth-order valence-electron chi connectivity index (χ4n) is 2.33. The summed E-state index contributed by atoms with van der Waals surface area (Å²) in [5.41, 5.74) is 0. The third-order valence-corrected chi connectivity index (χ3v) is 6.07. The summed E-state index contributed by atoms with van der Waals surface area (Å²) in [6.07, 6.45) is 0. The summed E-state index contributed by atoms with van der Waals surface area (Å²) < 4.78 is 54.0. The molecule has 1 atom stereocenters. The second kappa shape index (κ2) is 6.23. The minimum Gasteiger partial charge on any atom is -0.333 e. The summed E-state index contributed by atoms with van der Waals surface area (Å²) in [5.74, 6) is -3.16. The highest BCUT2D eigenvalue weighted by atomic mass is 32.2. The molecule has 0 saturated carbocycles. The fourth-order valence-corrected chi connectivity index (χ4v) is 4.41. The maximum absolute atomic E-state index is 12.8. The third-order valence-electron chi connectivity index (χ3n) is 3.62. The number of rotatable bonds is 4. The number of hydrogen-bond acceptors (Lipinski definition) is 8. The number of hydrogen-bond donors (Lipinski definition) is 1. The number of halogens is 2. The zero-order valence-electron chi connectivity index (χ0n) is 12.1. The van der Waals surface area contributed by atoms with Crippen LogP contribution in [-0.4, -0.2) is 55.9 Å². The van der Waals surface area contributed by atoms with Crippen molar-refractivity contribution in [2.24, 2.45) is 0 Å². The Balaban J connectivity index is 1.95. The number of likely N-dealkylation sites (N-methyl/N-ethyl adjacent to an activating group) is 1. The summed E-state index contributed by atoms with van der Waals surface area (Å²) in [5, 5.41) is 8.48. The van der Waals surface area contributed by atoms with E-state index in [-0.39, 0.29) is 16.8 Å². The molecular formula is C12H14F2N4O3S2. The normalized spacial score (nSPS) is 20.3. The van der Waals surface area contributed by atoms with Crippen molar-refractivity contribution in [2.75, 3.05) is 26.7 Å². The summed E-state index contributed by atoms with van der Waals surface area (Å²) in [7, 11) is -2.80. The highest BCUT2D eigenvalue weighted by molar-refractivity contribution is 7.92. The topological polar surface area (TPSA) is 88.3 Å². The van der Waals surface area contributed by atoms with Crippen molar-refractivity contribution < 1.29 is 21.7 Å². The lowest BCUT2D eigenvalue weighted by molar-refractivity contribution is 0.190. The molecule has 3 rings (SSSR count). The Labute approximate surface area is 135 Å². The Morgan fingerprint density at radius 3 is 3.00 bits per heavy atom. The molecule has 7 nitrogen and oxygen atoms in total. The zero-order chi connectivity index (χ0) is 16.6. The van der Waals surface area contributed by atoms with Crippen LogP contribution in [0.1, 0.15) is 11.9 Å². The minimum absolute atomic E-state index is 0.0375. The smallest absolute Gasteiger partial charge is 0.333 e. The molecule has 11 heteroatoms. The van der Waals surface area contributed by atoms with Crippen molar-refractivity contribution in [1.29, 1.82) is 0 Å². The largest absolute Gasteiger partial charge is 0.341 e. The SMILES string of the molecule is CN1CCNCC1c1noc(-c2sccc2S(=O)(=O)C(F)F)n1. The monoisotopic (exact) mass is 364 g/mol. The highest BCUT2D eigenvalue weighted by Crippen LogP contribution is 2.35. The summed E-state index contributed by atoms with van der Waals surface area (Å²) in [6, 6.07) is 1.01. The Morgan fingerprint density at radius 2 is 2.30 bits per heavy atom. The Bertz CT molecular complexity index is 790. The summed E-state index contributed by atoms with van der Waals surface area (Å²) >= 11 is 0.970. The van der Waals surface area contributed by atoms with Gasteiger partial charge in [0.15, 0.2) is 5.82 Å². The molecule has 0 amide bonds. The van der Waals surface area contributed by atoms with Crippen LogP contribution in [0.2, 0.25) is 0 Å². The van der Waals surface area contributed by atoms with Crippen LogP contribution in [0.5, 0.6) is 0 Å². The number of alkyl halides is 2. The molecule has 126 valence electrons. The predicted octanol–water partition coefficient (Wildman–Crippen LogP) is 1.37. The van der Waals surface area contributed by atoms with Gasteiger partial charge in [-0.1, -0.05) is 5.16 Å². The Kier molecular flexibility index (Phi) is 4.45. The predicted molar refractivity (Wildman–Crippen MR) is 79.0 cm³/mol. The van der Waals surface area contributed by atoms with Crippen molar-refractivity contribution in [2.45, 2.75) is 16.7 Å². The molecule has 2 aromatic heterocycles. The van der Waals surface area contributed by atoms with E-state index < -0.39 is 20.5 Å². The van der Waals surface area contributed by atoms with Crippen LogP contribution in [0.25, 0.3) is 10.8 Å². The quantitative estimate of drug-likeness (QED) is 0.876. The molecule has 0 aliphatic carbocycles. The molecule has 1 saturated heterocycles. The van der Waals surface area contributed by atoms with Crippen LogP contribution in [-0.2, 0) is 9.84 Å². The van der Waals surface area contributed by atoms with Gasteiger partial charge in [0.05, 0.1) is 10.9 Å². The van der Waals surface area contributed by atoms with E-state index in [0.717, 1.165) is 30.5 Å². The van der Waals surface area contributed by atoms with Gasteiger partial charge in [0, 0.05) is 19.6 Å². The van der Waals surface area contributed by atoms with Gasteiger partial charge in [-0.3, -0.25) is 4.90 Å². The van der Waals surface area contributed by atoms with E-state index in [0.29, 0.717) is 12.4 Å². The van der Waals surface area contributed by atoms with Crippen LogP contribution in [0, 0.1) is 0 Å². The third kappa shape index (κ3) is 3.01. The van der Waals surface area contributed by atoms with Crippen molar-refractivity contribution in [1.82, 2.24) is 20.4 Å². The van der Waals surface area contributed by atoms with Gasteiger partial charge in [0.2, 0.25) is 9.84 Å². The zero-order valence-corrected chi connectivity index (χ0v) is 13.7. The van der Waals surface area contributed by atoms with Gasteiger partial charge in [-0.15, -0.1) is 11.3 Å². The molecule has 1 N–H and O–H groups in total.